The molecule has 1 aromatic rings. The van der Waals surface area contributed by atoms with Gasteiger partial charge in [0.15, 0.2) is 0 Å². The minimum Gasteiger partial charge on any atom is -0.394 e. The van der Waals surface area contributed by atoms with Crippen LogP contribution in [0.3, 0.4) is 0 Å². The third-order valence-corrected chi connectivity index (χ3v) is 3.01. The molecular formula is C12H17ClN2O3. The minimum absolute atomic E-state index is 0.325. The van der Waals surface area contributed by atoms with Crippen molar-refractivity contribution < 1.29 is 15.0 Å². The van der Waals surface area contributed by atoms with E-state index in [1.165, 1.54) is 0 Å². The summed E-state index contributed by atoms with van der Waals surface area (Å²) in [6.07, 6.45) is 0.425. The average Bonchev–Trinajstić information content (AvgIpc) is 2.39. The van der Waals surface area contributed by atoms with E-state index in [1.54, 1.807) is 31.2 Å². The monoisotopic (exact) mass is 272 g/mol. The summed E-state index contributed by atoms with van der Waals surface area (Å²) < 4.78 is 0. The number of anilines is 1. The molecule has 0 aliphatic carbocycles. The Labute approximate surface area is 111 Å². The van der Waals surface area contributed by atoms with Gasteiger partial charge in [-0.2, -0.15) is 0 Å². The summed E-state index contributed by atoms with van der Waals surface area (Å²) in [5.74, 6) is 0. The van der Waals surface area contributed by atoms with Gasteiger partial charge >= 0.3 is 6.03 Å². The van der Waals surface area contributed by atoms with E-state index < -0.39 is 11.6 Å². The second kappa shape index (κ2) is 6.58. The van der Waals surface area contributed by atoms with E-state index in [0.717, 1.165) is 0 Å². The number of nitrogens with one attached hydrogen (secondary N) is 2. The van der Waals surface area contributed by atoms with Gasteiger partial charge in [-0.1, -0.05) is 18.5 Å². The molecule has 0 aliphatic rings. The number of hydrogen-bond donors (Lipinski definition) is 4. The van der Waals surface area contributed by atoms with Crippen molar-refractivity contribution in [1.82, 2.24) is 5.32 Å². The van der Waals surface area contributed by atoms with E-state index in [9.17, 15) is 15.0 Å². The van der Waals surface area contributed by atoms with Crippen LogP contribution in [0.1, 0.15) is 13.3 Å². The summed E-state index contributed by atoms with van der Waals surface area (Å²) in [5.41, 5.74) is -0.422. The summed E-state index contributed by atoms with van der Waals surface area (Å²) in [6, 6.07) is 6.15. The Balaban J connectivity index is 2.63. The largest absolute Gasteiger partial charge is 0.394 e. The van der Waals surface area contributed by atoms with E-state index in [2.05, 4.69) is 10.6 Å². The molecule has 0 spiro atoms. The molecular weight excluding hydrogens is 256 g/mol. The Hall–Kier alpha value is -1.30. The fraction of sp³-hybridized carbons (Fsp3) is 0.417. The molecule has 0 saturated heterocycles. The molecule has 0 radical (unpaired) electrons. The Morgan fingerprint density at radius 3 is 2.28 bits per heavy atom. The number of rotatable bonds is 5. The molecule has 0 bridgehead atoms. The lowest BCUT2D eigenvalue weighted by atomic mass is 9.99. The van der Waals surface area contributed by atoms with Crippen LogP contribution >= 0.6 is 11.6 Å². The first-order valence-electron chi connectivity index (χ1n) is 5.61. The first-order valence-corrected chi connectivity index (χ1v) is 5.99. The first-order chi connectivity index (χ1) is 8.55. The number of halogens is 1. The maximum Gasteiger partial charge on any atom is 0.319 e. The smallest absolute Gasteiger partial charge is 0.319 e. The summed E-state index contributed by atoms with van der Waals surface area (Å²) in [7, 11) is 0. The molecule has 0 aliphatic heterocycles. The van der Waals surface area contributed by atoms with Crippen molar-refractivity contribution in [2.45, 2.75) is 18.9 Å². The highest BCUT2D eigenvalue weighted by molar-refractivity contribution is 6.30. The van der Waals surface area contributed by atoms with E-state index in [4.69, 9.17) is 11.6 Å². The van der Waals surface area contributed by atoms with Crippen molar-refractivity contribution in [3.8, 4) is 0 Å². The maximum absolute atomic E-state index is 11.7. The van der Waals surface area contributed by atoms with Crippen molar-refractivity contribution in [2.75, 3.05) is 18.5 Å². The topological polar surface area (TPSA) is 81.6 Å². The summed E-state index contributed by atoms with van der Waals surface area (Å²) in [5, 5.41) is 24.2. The third-order valence-electron chi connectivity index (χ3n) is 2.76. The van der Waals surface area contributed by atoms with Gasteiger partial charge in [-0.25, -0.2) is 4.79 Å². The molecule has 0 heterocycles. The second-order valence-electron chi connectivity index (χ2n) is 4.04. The molecule has 2 amide bonds. The van der Waals surface area contributed by atoms with Crippen molar-refractivity contribution in [3.05, 3.63) is 29.3 Å². The highest BCUT2D eigenvalue weighted by Gasteiger charge is 2.28. The quantitative estimate of drug-likeness (QED) is 0.657. The van der Waals surface area contributed by atoms with Gasteiger partial charge in [0.05, 0.1) is 18.8 Å². The van der Waals surface area contributed by atoms with Crippen LogP contribution in [0.4, 0.5) is 10.5 Å². The van der Waals surface area contributed by atoms with Gasteiger partial charge in [-0.05, 0) is 30.7 Å². The normalized spacial score (nSPS) is 11.1. The van der Waals surface area contributed by atoms with E-state index in [-0.39, 0.29) is 13.2 Å². The molecule has 0 unspecified atom stereocenters. The lowest BCUT2D eigenvalue weighted by Crippen LogP contribution is -2.55. The summed E-state index contributed by atoms with van der Waals surface area (Å²) in [4.78, 5) is 11.7. The van der Waals surface area contributed by atoms with Crippen LogP contribution < -0.4 is 10.6 Å². The number of benzene rings is 1. The van der Waals surface area contributed by atoms with Crippen LogP contribution in [0.25, 0.3) is 0 Å². The molecule has 6 heteroatoms. The molecule has 1 aromatic carbocycles. The molecule has 1 rings (SSSR count). The Kier molecular flexibility index (Phi) is 5.40. The summed E-state index contributed by atoms with van der Waals surface area (Å²) >= 11 is 5.73. The SMILES string of the molecule is CCC(CO)(CO)NC(=O)Nc1ccc(Cl)cc1. The van der Waals surface area contributed by atoms with Crippen LogP contribution in [0, 0.1) is 0 Å². The zero-order chi connectivity index (χ0) is 13.6. The van der Waals surface area contributed by atoms with Crippen LogP contribution in [0.2, 0.25) is 5.02 Å². The minimum atomic E-state index is -1.00. The molecule has 4 N–H and O–H groups in total. The summed E-state index contributed by atoms with van der Waals surface area (Å²) in [6.45, 7) is 1.12. The standard InChI is InChI=1S/C12H17ClN2O3/c1-2-12(7-16,8-17)15-11(18)14-10-5-3-9(13)4-6-10/h3-6,16-17H,2,7-8H2,1H3,(H2,14,15,18). The zero-order valence-corrected chi connectivity index (χ0v) is 10.9. The Morgan fingerprint density at radius 1 is 1.28 bits per heavy atom. The van der Waals surface area contributed by atoms with E-state index in [0.29, 0.717) is 17.1 Å². The highest BCUT2D eigenvalue weighted by Crippen LogP contribution is 2.14. The van der Waals surface area contributed by atoms with Crippen molar-refractivity contribution in [2.24, 2.45) is 0 Å². The number of urea groups is 1. The number of aliphatic hydroxyl groups is 2. The predicted molar refractivity (Wildman–Crippen MR) is 70.8 cm³/mol. The van der Waals surface area contributed by atoms with Crippen LogP contribution in [0.5, 0.6) is 0 Å². The fourth-order valence-corrected chi connectivity index (χ4v) is 1.50. The van der Waals surface area contributed by atoms with Crippen molar-refractivity contribution in [3.63, 3.8) is 0 Å². The van der Waals surface area contributed by atoms with Gasteiger partial charge in [0, 0.05) is 10.7 Å². The van der Waals surface area contributed by atoms with Crippen LogP contribution in [-0.4, -0.2) is 35.0 Å². The van der Waals surface area contributed by atoms with Gasteiger partial charge in [0.2, 0.25) is 0 Å². The van der Waals surface area contributed by atoms with Crippen molar-refractivity contribution in [1.29, 1.82) is 0 Å². The van der Waals surface area contributed by atoms with Gasteiger partial charge < -0.3 is 20.8 Å². The Morgan fingerprint density at radius 2 is 1.83 bits per heavy atom. The number of hydrogen-bond acceptors (Lipinski definition) is 3. The predicted octanol–water partition coefficient (Wildman–Crippen LogP) is 1.59. The lowest BCUT2D eigenvalue weighted by Gasteiger charge is -2.29. The van der Waals surface area contributed by atoms with E-state index >= 15 is 0 Å². The van der Waals surface area contributed by atoms with Gasteiger partial charge in [0.1, 0.15) is 0 Å². The van der Waals surface area contributed by atoms with Crippen LogP contribution in [0.15, 0.2) is 24.3 Å². The number of amides is 2. The number of carbonyl (C=O) groups is 1. The Bertz CT molecular complexity index is 383. The lowest BCUT2D eigenvalue weighted by molar-refractivity contribution is 0.0955. The van der Waals surface area contributed by atoms with Crippen molar-refractivity contribution >= 4 is 23.3 Å². The second-order valence-corrected chi connectivity index (χ2v) is 4.47. The molecule has 100 valence electrons. The fourth-order valence-electron chi connectivity index (χ4n) is 1.38. The maximum atomic E-state index is 11.7. The van der Waals surface area contributed by atoms with Gasteiger partial charge in [-0.15, -0.1) is 0 Å². The molecule has 0 aromatic heterocycles. The highest BCUT2D eigenvalue weighted by atomic mass is 35.5. The van der Waals surface area contributed by atoms with E-state index in [1.807, 2.05) is 0 Å². The average molecular weight is 273 g/mol. The molecule has 0 saturated carbocycles. The van der Waals surface area contributed by atoms with Crippen LogP contribution in [-0.2, 0) is 0 Å². The molecule has 18 heavy (non-hydrogen) atoms. The van der Waals surface area contributed by atoms with Gasteiger partial charge in [-0.3, -0.25) is 0 Å². The van der Waals surface area contributed by atoms with Gasteiger partial charge in [0.25, 0.3) is 0 Å². The molecule has 5 nitrogen and oxygen atoms in total. The third kappa shape index (κ3) is 3.87. The molecule has 0 fully saturated rings. The zero-order valence-electron chi connectivity index (χ0n) is 10.1. The molecule has 0 atom stereocenters. The first kappa shape index (κ1) is 14.8. The number of aliphatic hydroxyl groups excluding tert-OH is 2. The number of carbonyl (C=O) groups excluding carboxylic acids is 1.